The van der Waals surface area contributed by atoms with Crippen LogP contribution in [0.25, 0.3) is 0 Å². The van der Waals surface area contributed by atoms with E-state index in [1.807, 2.05) is 32.0 Å². The second-order valence-corrected chi connectivity index (χ2v) is 5.95. The zero-order valence-electron chi connectivity index (χ0n) is 15.9. The van der Waals surface area contributed by atoms with Gasteiger partial charge in [-0.05, 0) is 55.3 Å². The number of hydrogen-bond donors (Lipinski definition) is 2. The number of esters is 1. The quantitative estimate of drug-likeness (QED) is 0.693. The van der Waals surface area contributed by atoms with Gasteiger partial charge in [0.15, 0.2) is 6.61 Å². The molecule has 7 heteroatoms. The fourth-order valence-corrected chi connectivity index (χ4v) is 2.41. The van der Waals surface area contributed by atoms with Crippen LogP contribution in [0.3, 0.4) is 0 Å². The van der Waals surface area contributed by atoms with Gasteiger partial charge < -0.3 is 24.8 Å². The van der Waals surface area contributed by atoms with Crippen LogP contribution in [0, 0.1) is 13.8 Å². The number of amides is 1. The molecule has 2 aromatic carbocycles. The number of rotatable bonds is 8. The predicted octanol–water partition coefficient (Wildman–Crippen LogP) is 2.91. The van der Waals surface area contributed by atoms with Crippen molar-refractivity contribution in [2.75, 3.05) is 38.0 Å². The van der Waals surface area contributed by atoms with Gasteiger partial charge >= 0.3 is 5.97 Å². The molecule has 0 aliphatic carbocycles. The molecule has 0 heterocycles. The van der Waals surface area contributed by atoms with E-state index in [2.05, 4.69) is 15.4 Å². The van der Waals surface area contributed by atoms with E-state index in [0.717, 1.165) is 16.8 Å². The zero-order chi connectivity index (χ0) is 19.8. The van der Waals surface area contributed by atoms with Crippen LogP contribution in [0.4, 0.5) is 11.4 Å². The largest absolute Gasteiger partial charge is 0.495 e. The highest BCUT2D eigenvalue weighted by Gasteiger charge is 2.09. The van der Waals surface area contributed by atoms with Gasteiger partial charge in [-0.3, -0.25) is 4.79 Å². The van der Waals surface area contributed by atoms with Crippen molar-refractivity contribution in [2.24, 2.45) is 0 Å². The van der Waals surface area contributed by atoms with Crippen molar-refractivity contribution in [1.82, 2.24) is 0 Å². The monoisotopic (exact) mass is 372 g/mol. The van der Waals surface area contributed by atoms with Gasteiger partial charge in [0.25, 0.3) is 0 Å². The van der Waals surface area contributed by atoms with E-state index in [0.29, 0.717) is 17.2 Å². The van der Waals surface area contributed by atoms with Crippen molar-refractivity contribution in [3.05, 3.63) is 47.5 Å². The molecule has 2 N–H and O–H groups in total. The maximum atomic E-state index is 12.2. The standard InChI is InChI=1S/C20H24N2O5/c1-13-5-8-18(25-3)17(9-13)22-19(23)11-21-16-7-6-15(10-14(16)2)27-12-20(24)26-4/h5-10,21H,11-12H2,1-4H3,(H,22,23). The van der Waals surface area contributed by atoms with Gasteiger partial charge in [-0.25, -0.2) is 4.79 Å². The number of benzene rings is 2. The number of nitrogens with one attached hydrogen (secondary N) is 2. The topological polar surface area (TPSA) is 85.9 Å². The first kappa shape index (κ1) is 20.1. The van der Waals surface area contributed by atoms with E-state index in [4.69, 9.17) is 9.47 Å². The summed E-state index contributed by atoms with van der Waals surface area (Å²) in [6.07, 6.45) is 0. The van der Waals surface area contributed by atoms with Gasteiger partial charge in [0.2, 0.25) is 5.91 Å². The molecule has 0 fully saturated rings. The van der Waals surface area contributed by atoms with Crippen molar-refractivity contribution < 1.29 is 23.8 Å². The Labute approximate surface area is 158 Å². The highest BCUT2D eigenvalue weighted by atomic mass is 16.6. The molecule has 7 nitrogen and oxygen atoms in total. The summed E-state index contributed by atoms with van der Waals surface area (Å²) >= 11 is 0. The number of methoxy groups -OCH3 is 2. The summed E-state index contributed by atoms with van der Waals surface area (Å²) in [6.45, 7) is 3.78. The van der Waals surface area contributed by atoms with Gasteiger partial charge in [-0.2, -0.15) is 0 Å². The Bertz CT molecular complexity index is 820. The molecule has 27 heavy (non-hydrogen) atoms. The van der Waals surface area contributed by atoms with Crippen molar-refractivity contribution in [3.8, 4) is 11.5 Å². The third-order valence-electron chi connectivity index (χ3n) is 3.85. The average Bonchev–Trinajstić information content (AvgIpc) is 2.65. The molecule has 0 radical (unpaired) electrons. The van der Waals surface area contributed by atoms with Gasteiger partial charge in [0.1, 0.15) is 11.5 Å². The van der Waals surface area contributed by atoms with Gasteiger partial charge in [0.05, 0.1) is 26.5 Å². The third kappa shape index (κ3) is 5.91. The molecule has 0 unspecified atom stereocenters. The lowest BCUT2D eigenvalue weighted by molar-refractivity contribution is -0.142. The Morgan fingerprint density at radius 2 is 1.78 bits per heavy atom. The highest BCUT2D eigenvalue weighted by molar-refractivity contribution is 5.95. The van der Waals surface area contributed by atoms with Crippen LogP contribution in [0.5, 0.6) is 11.5 Å². The third-order valence-corrected chi connectivity index (χ3v) is 3.85. The Hall–Kier alpha value is -3.22. The van der Waals surface area contributed by atoms with Crippen LogP contribution >= 0.6 is 0 Å². The molecular weight excluding hydrogens is 348 g/mol. The van der Waals surface area contributed by atoms with E-state index in [1.165, 1.54) is 7.11 Å². The fourth-order valence-electron chi connectivity index (χ4n) is 2.41. The molecule has 1 amide bonds. The number of ether oxygens (including phenoxy) is 3. The summed E-state index contributed by atoms with van der Waals surface area (Å²) in [6, 6.07) is 10.9. The van der Waals surface area contributed by atoms with Crippen molar-refractivity contribution in [3.63, 3.8) is 0 Å². The van der Waals surface area contributed by atoms with E-state index in [-0.39, 0.29) is 19.1 Å². The summed E-state index contributed by atoms with van der Waals surface area (Å²) in [5, 5.41) is 5.93. The molecular formula is C20H24N2O5. The zero-order valence-corrected chi connectivity index (χ0v) is 15.9. The van der Waals surface area contributed by atoms with Crippen molar-refractivity contribution >= 4 is 23.3 Å². The number of carbonyl (C=O) groups is 2. The number of anilines is 2. The van der Waals surface area contributed by atoms with E-state index >= 15 is 0 Å². The summed E-state index contributed by atoms with van der Waals surface area (Å²) in [7, 11) is 2.87. The highest BCUT2D eigenvalue weighted by Crippen LogP contribution is 2.25. The molecule has 0 spiro atoms. The van der Waals surface area contributed by atoms with E-state index < -0.39 is 5.97 Å². The summed E-state index contributed by atoms with van der Waals surface area (Å²) in [4.78, 5) is 23.4. The molecule has 2 rings (SSSR count). The molecule has 0 bridgehead atoms. The van der Waals surface area contributed by atoms with Gasteiger partial charge in [0, 0.05) is 5.69 Å². The number of carbonyl (C=O) groups excluding carboxylic acids is 2. The Balaban J connectivity index is 1.93. The Morgan fingerprint density at radius 3 is 2.44 bits per heavy atom. The lowest BCUT2D eigenvalue weighted by Gasteiger charge is -2.13. The fraction of sp³-hybridized carbons (Fsp3) is 0.300. The smallest absolute Gasteiger partial charge is 0.343 e. The second kappa shape index (κ2) is 9.47. The summed E-state index contributed by atoms with van der Waals surface area (Å²) in [5.74, 6) is 0.525. The van der Waals surface area contributed by atoms with Crippen LogP contribution in [0.2, 0.25) is 0 Å². The molecule has 2 aromatic rings. The molecule has 0 aliphatic heterocycles. The van der Waals surface area contributed by atoms with Crippen LogP contribution < -0.4 is 20.1 Å². The van der Waals surface area contributed by atoms with Crippen molar-refractivity contribution in [2.45, 2.75) is 13.8 Å². The van der Waals surface area contributed by atoms with Crippen LogP contribution in [-0.4, -0.2) is 39.2 Å². The first-order valence-corrected chi connectivity index (χ1v) is 8.41. The molecule has 0 aromatic heterocycles. The maximum absolute atomic E-state index is 12.2. The second-order valence-electron chi connectivity index (χ2n) is 5.95. The summed E-state index contributed by atoms with van der Waals surface area (Å²) in [5.41, 5.74) is 3.34. The molecule has 0 saturated heterocycles. The van der Waals surface area contributed by atoms with Crippen LogP contribution in [-0.2, 0) is 14.3 Å². The SMILES string of the molecule is COC(=O)COc1ccc(NCC(=O)Nc2cc(C)ccc2OC)c(C)c1. The first-order valence-electron chi connectivity index (χ1n) is 8.41. The van der Waals surface area contributed by atoms with E-state index in [9.17, 15) is 9.59 Å². The molecule has 0 atom stereocenters. The Kier molecular flexibility index (Phi) is 7.05. The minimum absolute atomic E-state index is 0.0975. The Morgan fingerprint density at radius 1 is 1.00 bits per heavy atom. The lowest BCUT2D eigenvalue weighted by atomic mass is 10.2. The molecule has 144 valence electrons. The minimum atomic E-state index is -0.446. The average molecular weight is 372 g/mol. The molecule has 0 aliphatic rings. The predicted molar refractivity (Wildman–Crippen MR) is 104 cm³/mol. The van der Waals surface area contributed by atoms with Gasteiger partial charge in [-0.15, -0.1) is 0 Å². The first-order chi connectivity index (χ1) is 12.9. The van der Waals surface area contributed by atoms with Crippen molar-refractivity contribution in [1.29, 1.82) is 0 Å². The number of hydrogen-bond acceptors (Lipinski definition) is 6. The van der Waals surface area contributed by atoms with Crippen LogP contribution in [0.15, 0.2) is 36.4 Å². The summed E-state index contributed by atoms with van der Waals surface area (Å²) < 4.78 is 15.1. The number of aryl methyl sites for hydroxylation is 2. The molecule has 0 saturated carbocycles. The lowest BCUT2D eigenvalue weighted by Crippen LogP contribution is -2.22. The van der Waals surface area contributed by atoms with Gasteiger partial charge in [-0.1, -0.05) is 6.07 Å². The van der Waals surface area contributed by atoms with Crippen LogP contribution in [0.1, 0.15) is 11.1 Å². The van der Waals surface area contributed by atoms with E-state index in [1.54, 1.807) is 25.3 Å². The maximum Gasteiger partial charge on any atom is 0.343 e. The normalized spacial score (nSPS) is 10.1. The minimum Gasteiger partial charge on any atom is -0.495 e.